The van der Waals surface area contributed by atoms with Crippen molar-refractivity contribution < 1.29 is 4.79 Å². The van der Waals surface area contributed by atoms with Crippen LogP contribution in [-0.4, -0.2) is 30.1 Å². The van der Waals surface area contributed by atoms with Crippen LogP contribution in [0.15, 0.2) is 6.07 Å². The SMILES string of the molecule is CCNCCNC(=O)c1cc(C)n(C(C)C)c1C. The molecule has 1 amide bonds. The van der Waals surface area contributed by atoms with E-state index in [0.29, 0.717) is 12.6 Å². The fourth-order valence-corrected chi connectivity index (χ4v) is 2.34. The van der Waals surface area contributed by atoms with Crippen molar-refractivity contribution in [3.05, 3.63) is 23.0 Å². The molecule has 102 valence electrons. The maximum Gasteiger partial charge on any atom is 0.253 e. The highest BCUT2D eigenvalue weighted by Gasteiger charge is 2.16. The summed E-state index contributed by atoms with van der Waals surface area (Å²) in [7, 11) is 0. The molecule has 0 radical (unpaired) electrons. The molecular weight excluding hydrogens is 226 g/mol. The van der Waals surface area contributed by atoms with Gasteiger partial charge in [0.15, 0.2) is 0 Å². The Bertz CT molecular complexity index is 407. The number of carbonyl (C=O) groups excluding carboxylic acids is 1. The van der Waals surface area contributed by atoms with Gasteiger partial charge in [-0.3, -0.25) is 4.79 Å². The minimum Gasteiger partial charge on any atom is -0.351 e. The summed E-state index contributed by atoms with van der Waals surface area (Å²) in [6, 6.07) is 2.35. The Labute approximate surface area is 110 Å². The van der Waals surface area contributed by atoms with Gasteiger partial charge in [-0.05, 0) is 40.3 Å². The molecule has 0 bridgehead atoms. The number of nitrogens with zero attached hydrogens (tertiary/aromatic N) is 1. The predicted molar refractivity (Wildman–Crippen MR) is 75.2 cm³/mol. The summed E-state index contributed by atoms with van der Waals surface area (Å²) in [6.07, 6.45) is 0. The fraction of sp³-hybridized carbons (Fsp3) is 0.643. The predicted octanol–water partition coefficient (Wildman–Crippen LogP) is 2.03. The highest BCUT2D eigenvalue weighted by atomic mass is 16.1. The Morgan fingerprint density at radius 2 is 2.00 bits per heavy atom. The molecule has 0 unspecified atom stereocenters. The standard InChI is InChI=1S/C14H25N3O/c1-6-15-7-8-16-14(18)13-9-11(4)17(10(2)3)12(13)5/h9-10,15H,6-8H2,1-5H3,(H,16,18). The van der Waals surface area contributed by atoms with E-state index in [0.717, 1.165) is 30.0 Å². The second-order valence-corrected chi connectivity index (χ2v) is 4.86. The Balaban J connectivity index is 2.72. The molecule has 0 saturated carbocycles. The second-order valence-electron chi connectivity index (χ2n) is 4.86. The number of nitrogens with one attached hydrogen (secondary N) is 2. The van der Waals surface area contributed by atoms with Gasteiger partial charge in [0.1, 0.15) is 0 Å². The van der Waals surface area contributed by atoms with Crippen LogP contribution in [0.1, 0.15) is 48.6 Å². The van der Waals surface area contributed by atoms with Gasteiger partial charge in [0, 0.05) is 30.5 Å². The fourth-order valence-electron chi connectivity index (χ4n) is 2.34. The Kier molecular flexibility index (Phi) is 5.41. The van der Waals surface area contributed by atoms with Crippen LogP contribution in [0.2, 0.25) is 0 Å². The molecule has 2 N–H and O–H groups in total. The third-order valence-corrected chi connectivity index (χ3v) is 3.08. The maximum atomic E-state index is 12.1. The lowest BCUT2D eigenvalue weighted by Gasteiger charge is -2.13. The number of hydrogen-bond acceptors (Lipinski definition) is 2. The second kappa shape index (κ2) is 6.59. The molecule has 0 saturated heterocycles. The third kappa shape index (κ3) is 3.35. The molecule has 0 fully saturated rings. The number of amides is 1. The van der Waals surface area contributed by atoms with E-state index in [2.05, 4.69) is 36.0 Å². The van der Waals surface area contributed by atoms with E-state index in [4.69, 9.17) is 0 Å². The highest BCUT2D eigenvalue weighted by molar-refractivity contribution is 5.95. The quantitative estimate of drug-likeness (QED) is 0.760. The highest BCUT2D eigenvalue weighted by Crippen LogP contribution is 2.19. The number of aromatic nitrogens is 1. The molecular formula is C14H25N3O. The van der Waals surface area contributed by atoms with Crippen LogP contribution in [0.25, 0.3) is 0 Å². The lowest BCUT2D eigenvalue weighted by molar-refractivity contribution is 0.0953. The average Bonchev–Trinajstić information content (AvgIpc) is 2.60. The van der Waals surface area contributed by atoms with Gasteiger partial charge in [-0.15, -0.1) is 0 Å². The number of aryl methyl sites for hydroxylation is 1. The van der Waals surface area contributed by atoms with Gasteiger partial charge in [-0.1, -0.05) is 6.92 Å². The average molecular weight is 251 g/mol. The number of likely N-dealkylation sites (N-methyl/N-ethyl adjacent to an activating group) is 1. The monoisotopic (exact) mass is 251 g/mol. The molecule has 0 aliphatic rings. The van der Waals surface area contributed by atoms with E-state index in [1.807, 2.05) is 19.9 Å². The van der Waals surface area contributed by atoms with Gasteiger partial charge in [0.25, 0.3) is 5.91 Å². The normalized spacial score (nSPS) is 11.0. The van der Waals surface area contributed by atoms with E-state index in [1.165, 1.54) is 0 Å². The van der Waals surface area contributed by atoms with Gasteiger partial charge >= 0.3 is 0 Å². The minimum atomic E-state index is 0.0212. The molecule has 4 nitrogen and oxygen atoms in total. The van der Waals surface area contributed by atoms with Crippen LogP contribution in [0.4, 0.5) is 0 Å². The van der Waals surface area contributed by atoms with Crippen LogP contribution in [0.5, 0.6) is 0 Å². The van der Waals surface area contributed by atoms with Gasteiger partial charge in [0.05, 0.1) is 5.56 Å². The van der Waals surface area contributed by atoms with Crippen molar-refractivity contribution in [2.24, 2.45) is 0 Å². The zero-order valence-electron chi connectivity index (χ0n) is 12.1. The molecule has 1 aromatic rings. The summed E-state index contributed by atoms with van der Waals surface area (Å²) >= 11 is 0. The van der Waals surface area contributed by atoms with Crippen molar-refractivity contribution in [3.8, 4) is 0 Å². The van der Waals surface area contributed by atoms with Gasteiger partial charge in [0.2, 0.25) is 0 Å². The van der Waals surface area contributed by atoms with Crippen molar-refractivity contribution in [3.63, 3.8) is 0 Å². The number of rotatable bonds is 6. The smallest absolute Gasteiger partial charge is 0.253 e. The van der Waals surface area contributed by atoms with Crippen LogP contribution < -0.4 is 10.6 Å². The molecule has 1 heterocycles. The first-order chi connectivity index (χ1) is 8.49. The van der Waals surface area contributed by atoms with E-state index >= 15 is 0 Å². The first-order valence-corrected chi connectivity index (χ1v) is 6.66. The first-order valence-electron chi connectivity index (χ1n) is 6.66. The summed E-state index contributed by atoms with van der Waals surface area (Å²) in [5, 5.41) is 6.12. The summed E-state index contributed by atoms with van der Waals surface area (Å²) in [6.45, 7) is 12.8. The Morgan fingerprint density at radius 3 is 2.50 bits per heavy atom. The van der Waals surface area contributed by atoms with Crippen LogP contribution in [-0.2, 0) is 0 Å². The summed E-state index contributed by atoms with van der Waals surface area (Å²) in [5.74, 6) is 0.0212. The molecule has 0 aromatic carbocycles. The molecule has 0 atom stereocenters. The molecule has 0 aliphatic heterocycles. The largest absolute Gasteiger partial charge is 0.351 e. The molecule has 4 heteroatoms. The van der Waals surface area contributed by atoms with E-state index < -0.39 is 0 Å². The molecule has 0 spiro atoms. The molecule has 1 aromatic heterocycles. The first kappa shape index (κ1) is 14.8. The number of carbonyl (C=O) groups is 1. The van der Waals surface area contributed by atoms with Gasteiger partial charge in [-0.25, -0.2) is 0 Å². The third-order valence-electron chi connectivity index (χ3n) is 3.08. The van der Waals surface area contributed by atoms with E-state index in [9.17, 15) is 4.79 Å². The molecule has 0 aliphatic carbocycles. The zero-order chi connectivity index (χ0) is 13.7. The summed E-state index contributed by atoms with van der Waals surface area (Å²) in [5.41, 5.74) is 2.97. The number of hydrogen-bond donors (Lipinski definition) is 2. The van der Waals surface area contributed by atoms with Crippen LogP contribution in [0.3, 0.4) is 0 Å². The van der Waals surface area contributed by atoms with Crippen molar-refractivity contribution in [2.75, 3.05) is 19.6 Å². The van der Waals surface area contributed by atoms with E-state index in [-0.39, 0.29) is 5.91 Å². The summed E-state index contributed by atoms with van der Waals surface area (Å²) < 4.78 is 2.19. The molecule has 18 heavy (non-hydrogen) atoms. The molecule has 1 rings (SSSR count). The van der Waals surface area contributed by atoms with Crippen molar-refractivity contribution >= 4 is 5.91 Å². The Hall–Kier alpha value is -1.29. The van der Waals surface area contributed by atoms with Crippen molar-refractivity contribution in [1.29, 1.82) is 0 Å². The van der Waals surface area contributed by atoms with Crippen molar-refractivity contribution in [2.45, 2.75) is 40.7 Å². The zero-order valence-corrected chi connectivity index (χ0v) is 12.1. The Morgan fingerprint density at radius 1 is 1.33 bits per heavy atom. The minimum absolute atomic E-state index is 0.0212. The summed E-state index contributed by atoms with van der Waals surface area (Å²) in [4.78, 5) is 12.1. The van der Waals surface area contributed by atoms with Gasteiger partial charge in [-0.2, -0.15) is 0 Å². The van der Waals surface area contributed by atoms with Crippen LogP contribution >= 0.6 is 0 Å². The van der Waals surface area contributed by atoms with Gasteiger partial charge < -0.3 is 15.2 Å². The van der Waals surface area contributed by atoms with E-state index in [1.54, 1.807) is 0 Å². The lowest BCUT2D eigenvalue weighted by Crippen LogP contribution is -2.31. The lowest BCUT2D eigenvalue weighted by atomic mass is 10.2. The van der Waals surface area contributed by atoms with Crippen molar-refractivity contribution in [1.82, 2.24) is 15.2 Å². The maximum absolute atomic E-state index is 12.1. The van der Waals surface area contributed by atoms with Crippen LogP contribution in [0, 0.1) is 13.8 Å². The topological polar surface area (TPSA) is 46.1 Å².